The predicted molar refractivity (Wildman–Crippen MR) is 117 cm³/mol. The van der Waals surface area contributed by atoms with Crippen molar-refractivity contribution in [2.75, 3.05) is 12.1 Å². The van der Waals surface area contributed by atoms with E-state index in [2.05, 4.69) is 0 Å². The molecule has 0 aromatic heterocycles. The molecule has 0 spiro atoms. The quantitative estimate of drug-likeness (QED) is 0.444. The molecule has 1 unspecified atom stereocenters. The van der Waals surface area contributed by atoms with Gasteiger partial charge in [-0.2, -0.15) is 5.10 Å². The number of hydrogen-bond donors (Lipinski definition) is 0. The minimum Gasteiger partial charge on any atom is -0.497 e. The first kappa shape index (κ1) is 19.1. The van der Waals surface area contributed by atoms with Crippen LogP contribution in [-0.4, -0.2) is 12.8 Å². The fourth-order valence-electron chi connectivity index (χ4n) is 3.30. The molecule has 28 heavy (non-hydrogen) atoms. The average molecular weight is 432 g/mol. The zero-order valence-corrected chi connectivity index (χ0v) is 17.3. The second-order valence-corrected chi connectivity index (χ2v) is 7.77. The molecule has 3 aromatic rings. The lowest BCUT2D eigenvalue weighted by Crippen LogP contribution is -2.18. The van der Waals surface area contributed by atoms with Crippen LogP contribution in [-0.2, 0) is 0 Å². The Hall–Kier alpha value is -2.20. The lowest BCUT2D eigenvalue weighted by molar-refractivity contribution is 0.415. The number of methoxy groups -OCH3 is 1. The Balaban J connectivity index is 1.75. The molecule has 1 atom stereocenters. The molecule has 0 bridgehead atoms. The molecule has 6 heteroatoms. The van der Waals surface area contributed by atoms with E-state index in [0.717, 1.165) is 34.7 Å². The third-order valence-electron chi connectivity index (χ3n) is 4.74. The van der Waals surface area contributed by atoms with Gasteiger partial charge in [0.1, 0.15) is 5.75 Å². The number of hydrazone groups is 1. The van der Waals surface area contributed by atoms with Gasteiger partial charge in [0.15, 0.2) is 0 Å². The maximum Gasteiger partial charge on any atom is 0.118 e. The van der Waals surface area contributed by atoms with Crippen molar-refractivity contribution in [2.24, 2.45) is 5.10 Å². The van der Waals surface area contributed by atoms with E-state index in [9.17, 15) is 0 Å². The van der Waals surface area contributed by atoms with E-state index in [0.29, 0.717) is 15.1 Å². The summed E-state index contributed by atoms with van der Waals surface area (Å²) >= 11 is 18.6. The van der Waals surface area contributed by atoms with Gasteiger partial charge >= 0.3 is 0 Å². The summed E-state index contributed by atoms with van der Waals surface area (Å²) in [5.41, 5.74) is 3.96. The molecule has 0 amide bonds. The molecular weight excluding hydrogens is 415 g/mol. The molecule has 0 saturated heterocycles. The average Bonchev–Trinajstić information content (AvgIpc) is 3.13. The van der Waals surface area contributed by atoms with Crippen molar-refractivity contribution in [1.29, 1.82) is 0 Å². The van der Waals surface area contributed by atoms with Crippen LogP contribution in [0.4, 0.5) is 5.69 Å². The van der Waals surface area contributed by atoms with Crippen LogP contribution in [0.5, 0.6) is 5.75 Å². The number of ether oxygens (including phenoxy) is 1. The maximum atomic E-state index is 6.49. The highest BCUT2D eigenvalue weighted by atomic mass is 35.5. The molecule has 4 rings (SSSR count). The standard InChI is InChI=1S/C22H17Cl3N2O/c1-28-18-9-4-14(5-10-18)20-13-22(15-2-6-16(23)7-3-15)27(26-20)21-11-8-17(24)12-19(21)25/h2-12,22H,13H2,1H3. The highest BCUT2D eigenvalue weighted by Crippen LogP contribution is 2.40. The largest absolute Gasteiger partial charge is 0.497 e. The van der Waals surface area contributed by atoms with Crippen molar-refractivity contribution in [3.8, 4) is 5.75 Å². The van der Waals surface area contributed by atoms with Crippen molar-refractivity contribution in [3.05, 3.63) is 92.9 Å². The SMILES string of the molecule is COc1ccc(C2=NN(c3ccc(Cl)cc3Cl)C(c3ccc(Cl)cc3)C2)cc1. The van der Waals surface area contributed by atoms with Gasteiger partial charge in [0.05, 0.1) is 29.6 Å². The molecule has 0 radical (unpaired) electrons. The van der Waals surface area contributed by atoms with Crippen LogP contribution in [0.15, 0.2) is 71.8 Å². The topological polar surface area (TPSA) is 24.8 Å². The lowest BCUT2D eigenvalue weighted by atomic mass is 9.98. The van der Waals surface area contributed by atoms with Gasteiger partial charge in [-0.25, -0.2) is 0 Å². The van der Waals surface area contributed by atoms with Gasteiger partial charge in [-0.15, -0.1) is 0 Å². The zero-order valence-electron chi connectivity index (χ0n) is 15.1. The normalized spacial score (nSPS) is 16.2. The summed E-state index contributed by atoms with van der Waals surface area (Å²) in [6.07, 6.45) is 0.743. The summed E-state index contributed by atoms with van der Waals surface area (Å²) in [6.45, 7) is 0. The molecule has 3 aromatic carbocycles. The zero-order chi connectivity index (χ0) is 19.7. The summed E-state index contributed by atoms with van der Waals surface area (Å²) < 4.78 is 5.26. The second-order valence-electron chi connectivity index (χ2n) is 6.49. The van der Waals surface area contributed by atoms with E-state index in [1.54, 1.807) is 13.2 Å². The summed E-state index contributed by atoms with van der Waals surface area (Å²) in [7, 11) is 1.66. The molecular formula is C22H17Cl3N2O. The molecule has 0 saturated carbocycles. The fourth-order valence-corrected chi connectivity index (χ4v) is 3.92. The summed E-state index contributed by atoms with van der Waals surface area (Å²) in [6, 6.07) is 21.2. The molecule has 1 aliphatic rings. The van der Waals surface area contributed by atoms with Gasteiger partial charge < -0.3 is 4.74 Å². The predicted octanol–water partition coefficient (Wildman–Crippen LogP) is 7.01. The van der Waals surface area contributed by atoms with Crippen LogP contribution in [0.25, 0.3) is 0 Å². The second kappa shape index (κ2) is 8.04. The van der Waals surface area contributed by atoms with Crippen molar-refractivity contribution in [3.63, 3.8) is 0 Å². The molecule has 1 aliphatic heterocycles. The lowest BCUT2D eigenvalue weighted by Gasteiger charge is -2.25. The molecule has 142 valence electrons. The first-order valence-corrected chi connectivity index (χ1v) is 9.90. The van der Waals surface area contributed by atoms with Crippen LogP contribution in [0.3, 0.4) is 0 Å². The van der Waals surface area contributed by atoms with E-state index in [1.165, 1.54) is 0 Å². The number of nitrogens with zero attached hydrogens (tertiary/aromatic N) is 2. The van der Waals surface area contributed by atoms with Crippen LogP contribution in [0.1, 0.15) is 23.6 Å². The summed E-state index contributed by atoms with van der Waals surface area (Å²) in [5, 5.41) is 8.72. The molecule has 0 N–H and O–H groups in total. The van der Waals surface area contributed by atoms with Gasteiger partial charge in [-0.05, 0) is 65.7 Å². The van der Waals surface area contributed by atoms with Gasteiger partial charge in [-0.3, -0.25) is 5.01 Å². The van der Waals surface area contributed by atoms with Gasteiger partial charge in [0.2, 0.25) is 0 Å². The minimum absolute atomic E-state index is 0.00745. The Bertz CT molecular complexity index is 1020. The first-order chi connectivity index (χ1) is 13.5. The van der Waals surface area contributed by atoms with Crippen molar-refractivity contribution in [1.82, 2.24) is 0 Å². The Morgan fingerprint density at radius 3 is 2.21 bits per heavy atom. The fraction of sp³-hybridized carbons (Fsp3) is 0.136. The van der Waals surface area contributed by atoms with E-state index < -0.39 is 0 Å². The van der Waals surface area contributed by atoms with E-state index >= 15 is 0 Å². The third kappa shape index (κ3) is 3.83. The van der Waals surface area contributed by atoms with E-state index in [4.69, 9.17) is 44.6 Å². The Morgan fingerprint density at radius 1 is 0.893 bits per heavy atom. The smallest absolute Gasteiger partial charge is 0.118 e. The number of halogens is 3. The number of hydrogen-bond acceptors (Lipinski definition) is 3. The van der Waals surface area contributed by atoms with Crippen LogP contribution >= 0.6 is 34.8 Å². The van der Waals surface area contributed by atoms with Crippen molar-refractivity contribution < 1.29 is 4.74 Å². The van der Waals surface area contributed by atoms with Gasteiger partial charge in [-0.1, -0.05) is 46.9 Å². The van der Waals surface area contributed by atoms with E-state index in [1.807, 2.05) is 65.7 Å². The number of anilines is 1. The molecule has 0 aliphatic carbocycles. The van der Waals surface area contributed by atoms with Crippen LogP contribution < -0.4 is 9.75 Å². The van der Waals surface area contributed by atoms with Gasteiger partial charge in [0, 0.05) is 16.5 Å². The highest BCUT2D eigenvalue weighted by Gasteiger charge is 2.31. The van der Waals surface area contributed by atoms with E-state index in [-0.39, 0.29) is 6.04 Å². The minimum atomic E-state index is 0.00745. The summed E-state index contributed by atoms with van der Waals surface area (Å²) in [5.74, 6) is 0.814. The number of benzene rings is 3. The Labute approximate surface area is 179 Å². The molecule has 3 nitrogen and oxygen atoms in total. The molecule has 0 fully saturated rings. The summed E-state index contributed by atoms with van der Waals surface area (Å²) in [4.78, 5) is 0. The maximum absolute atomic E-state index is 6.49. The Kier molecular flexibility index (Phi) is 5.49. The van der Waals surface area contributed by atoms with Crippen LogP contribution in [0.2, 0.25) is 15.1 Å². The third-order valence-corrected chi connectivity index (χ3v) is 5.53. The van der Waals surface area contributed by atoms with Crippen molar-refractivity contribution in [2.45, 2.75) is 12.5 Å². The van der Waals surface area contributed by atoms with Crippen LogP contribution in [0, 0.1) is 0 Å². The first-order valence-electron chi connectivity index (χ1n) is 8.77. The monoisotopic (exact) mass is 430 g/mol. The van der Waals surface area contributed by atoms with Gasteiger partial charge in [0.25, 0.3) is 0 Å². The number of rotatable bonds is 4. The highest BCUT2D eigenvalue weighted by molar-refractivity contribution is 6.36. The van der Waals surface area contributed by atoms with Crippen molar-refractivity contribution >= 4 is 46.2 Å². The molecule has 1 heterocycles. The Morgan fingerprint density at radius 2 is 1.57 bits per heavy atom.